The summed E-state index contributed by atoms with van der Waals surface area (Å²) in [6.45, 7) is 0.882. The van der Waals surface area contributed by atoms with E-state index in [0.717, 1.165) is 5.56 Å². The minimum Gasteiger partial charge on any atom is -0.320 e. The highest BCUT2D eigenvalue weighted by Gasteiger charge is 2.46. The van der Waals surface area contributed by atoms with Crippen LogP contribution in [0.25, 0.3) is 17.0 Å². The van der Waals surface area contributed by atoms with Gasteiger partial charge in [0.1, 0.15) is 17.2 Å². The van der Waals surface area contributed by atoms with E-state index in [0.29, 0.717) is 16.9 Å². The number of imidazole rings is 1. The van der Waals surface area contributed by atoms with E-state index in [1.54, 1.807) is 18.2 Å². The number of anilines is 2. The van der Waals surface area contributed by atoms with Crippen LogP contribution in [0, 0.1) is 12.7 Å². The zero-order chi connectivity index (χ0) is 21.8. The topological polar surface area (TPSA) is 88.6 Å². The first-order valence-electron chi connectivity index (χ1n) is 9.31. The Hall–Kier alpha value is -3.89. The number of carbonyl (C=O) groups excluding carboxylic acids is 1. The van der Waals surface area contributed by atoms with Crippen molar-refractivity contribution in [3.63, 3.8) is 0 Å². The van der Waals surface area contributed by atoms with Gasteiger partial charge in [0.15, 0.2) is 0 Å². The molecule has 5 rings (SSSR count). The molecule has 0 atom stereocenters. The Labute approximate surface area is 173 Å². The predicted octanol–water partition coefficient (Wildman–Crippen LogP) is 3.54. The summed E-state index contributed by atoms with van der Waals surface area (Å²) in [5, 5.41) is 6.65. The van der Waals surface area contributed by atoms with E-state index < -0.39 is 30.7 Å². The molecule has 11 heteroatoms. The van der Waals surface area contributed by atoms with Gasteiger partial charge < -0.3 is 14.7 Å². The number of rotatable bonds is 4. The van der Waals surface area contributed by atoms with Gasteiger partial charge in [-0.2, -0.15) is 4.98 Å². The van der Waals surface area contributed by atoms with Crippen LogP contribution in [-0.2, 0) is 0 Å². The van der Waals surface area contributed by atoms with Gasteiger partial charge in [0.25, 0.3) is 11.8 Å². The van der Waals surface area contributed by atoms with E-state index in [4.69, 9.17) is 4.52 Å². The molecular weight excluding hydrogens is 413 g/mol. The molecule has 1 aliphatic heterocycles. The van der Waals surface area contributed by atoms with Crippen LogP contribution in [0.15, 0.2) is 47.2 Å². The molecule has 31 heavy (non-hydrogen) atoms. The number of hydrogen-bond acceptors (Lipinski definition) is 6. The number of aromatic nitrogens is 4. The summed E-state index contributed by atoms with van der Waals surface area (Å²) in [5.74, 6) is -3.42. The average Bonchev–Trinajstić information content (AvgIpc) is 3.34. The van der Waals surface area contributed by atoms with E-state index in [1.165, 1.54) is 33.8 Å². The maximum atomic E-state index is 13.4. The van der Waals surface area contributed by atoms with E-state index in [-0.39, 0.29) is 17.5 Å². The van der Waals surface area contributed by atoms with E-state index in [2.05, 4.69) is 20.4 Å². The lowest BCUT2D eigenvalue weighted by molar-refractivity contribution is -0.0293. The molecule has 1 amide bonds. The minimum atomic E-state index is -2.75. The van der Waals surface area contributed by atoms with Crippen molar-refractivity contribution < 1.29 is 22.5 Å². The molecule has 0 aliphatic carbocycles. The Morgan fingerprint density at radius 3 is 2.81 bits per heavy atom. The fourth-order valence-corrected chi connectivity index (χ4v) is 3.31. The Balaban J connectivity index is 1.39. The smallest absolute Gasteiger partial charge is 0.320 e. The molecule has 1 aliphatic rings. The first kappa shape index (κ1) is 19.1. The molecule has 1 aromatic carbocycles. The maximum Gasteiger partial charge on any atom is 0.324 e. The summed E-state index contributed by atoms with van der Waals surface area (Å²) in [6.07, 6.45) is 2.79. The normalized spacial score (nSPS) is 15.2. The van der Waals surface area contributed by atoms with Crippen LogP contribution in [0.5, 0.6) is 0 Å². The zero-order valence-electron chi connectivity index (χ0n) is 16.1. The second-order valence-electron chi connectivity index (χ2n) is 7.31. The number of fused-ring (bicyclic) bond motifs is 1. The lowest BCUT2D eigenvalue weighted by Crippen LogP contribution is -2.56. The second-order valence-corrected chi connectivity index (χ2v) is 7.31. The number of benzene rings is 1. The largest absolute Gasteiger partial charge is 0.324 e. The number of halogens is 3. The average molecular weight is 428 g/mol. The highest BCUT2D eigenvalue weighted by molar-refractivity contribution is 6.04. The molecular formula is C20H15F3N6O2. The third-order valence-corrected chi connectivity index (χ3v) is 4.98. The monoisotopic (exact) mass is 428 g/mol. The Kier molecular flexibility index (Phi) is 4.20. The fourth-order valence-electron chi connectivity index (χ4n) is 3.31. The standard InChI is InChI=1S/C20H15F3N6O2/c1-11-2-3-12(17-26-19(31-27-17)28-9-20(22,23)10-28)6-14(11)25-18(30)15-8-24-16-7-13(21)4-5-29(15)16/h2-8H,9-10H2,1H3,(H,25,30). The molecule has 0 bridgehead atoms. The number of aryl methyl sites for hydroxylation is 1. The molecule has 3 aromatic heterocycles. The van der Waals surface area contributed by atoms with Crippen LogP contribution in [-0.4, -0.2) is 44.4 Å². The molecule has 8 nitrogen and oxygen atoms in total. The van der Waals surface area contributed by atoms with Crippen molar-refractivity contribution in [1.29, 1.82) is 0 Å². The lowest BCUT2D eigenvalue weighted by Gasteiger charge is -2.36. The fraction of sp³-hybridized carbons (Fsp3) is 0.200. The molecule has 1 fully saturated rings. The van der Waals surface area contributed by atoms with Gasteiger partial charge in [-0.1, -0.05) is 17.3 Å². The number of carbonyl (C=O) groups is 1. The van der Waals surface area contributed by atoms with Gasteiger partial charge in [0, 0.05) is 23.5 Å². The third-order valence-electron chi connectivity index (χ3n) is 4.98. The summed E-state index contributed by atoms with van der Waals surface area (Å²) in [7, 11) is 0. The van der Waals surface area contributed by atoms with E-state index in [1.807, 2.05) is 6.92 Å². The van der Waals surface area contributed by atoms with Gasteiger partial charge in [-0.25, -0.2) is 18.2 Å². The molecule has 4 heterocycles. The number of nitrogens with zero attached hydrogens (tertiary/aromatic N) is 5. The van der Waals surface area contributed by atoms with Crippen molar-refractivity contribution in [2.75, 3.05) is 23.3 Å². The number of hydrogen-bond donors (Lipinski definition) is 1. The van der Waals surface area contributed by atoms with Crippen molar-refractivity contribution >= 4 is 23.3 Å². The van der Waals surface area contributed by atoms with Crippen molar-refractivity contribution in [2.24, 2.45) is 0 Å². The Morgan fingerprint density at radius 1 is 1.23 bits per heavy atom. The predicted molar refractivity (Wildman–Crippen MR) is 105 cm³/mol. The van der Waals surface area contributed by atoms with Gasteiger partial charge in [-0.3, -0.25) is 9.20 Å². The van der Waals surface area contributed by atoms with Crippen molar-refractivity contribution in [1.82, 2.24) is 19.5 Å². The van der Waals surface area contributed by atoms with Gasteiger partial charge in [-0.15, -0.1) is 0 Å². The molecule has 1 saturated heterocycles. The Bertz CT molecular complexity index is 1310. The molecule has 0 radical (unpaired) electrons. The number of pyridine rings is 1. The number of alkyl halides is 2. The maximum absolute atomic E-state index is 13.4. The van der Waals surface area contributed by atoms with Gasteiger partial charge in [0.2, 0.25) is 5.82 Å². The van der Waals surface area contributed by atoms with Gasteiger partial charge in [-0.05, 0) is 24.6 Å². The SMILES string of the molecule is Cc1ccc(-c2noc(N3CC(F)(F)C3)n2)cc1NC(=O)c1cnc2cc(F)ccn12. The van der Waals surface area contributed by atoms with Crippen molar-refractivity contribution in [2.45, 2.75) is 12.8 Å². The molecule has 0 saturated carbocycles. The summed E-state index contributed by atoms with van der Waals surface area (Å²) < 4.78 is 46.0. The van der Waals surface area contributed by atoms with Crippen molar-refractivity contribution in [3.05, 3.63) is 59.8 Å². The van der Waals surface area contributed by atoms with Crippen LogP contribution in [0.1, 0.15) is 16.1 Å². The number of amides is 1. The summed E-state index contributed by atoms with van der Waals surface area (Å²) in [4.78, 5) is 22.3. The van der Waals surface area contributed by atoms with Crippen LogP contribution in [0.2, 0.25) is 0 Å². The first-order chi connectivity index (χ1) is 14.8. The highest BCUT2D eigenvalue weighted by Crippen LogP contribution is 2.32. The second kappa shape index (κ2) is 6.83. The lowest BCUT2D eigenvalue weighted by atomic mass is 10.1. The summed E-state index contributed by atoms with van der Waals surface area (Å²) >= 11 is 0. The molecule has 1 N–H and O–H groups in total. The van der Waals surface area contributed by atoms with Crippen LogP contribution >= 0.6 is 0 Å². The van der Waals surface area contributed by atoms with Crippen LogP contribution in [0.3, 0.4) is 0 Å². The van der Waals surface area contributed by atoms with E-state index >= 15 is 0 Å². The summed E-state index contributed by atoms with van der Waals surface area (Å²) in [6, 6.07) is 7.65. The van der Waals surface area contributed by atoms with Crippen LogP contribution < -0.4 is 10.2 Å². The molecule has 4 aromatic rings. The minimum absolute atomic E-state index is 0.0186. The molecule has 0 unspecified atom stereocenters. The quantitative estimate of drug-likeness (QED) is 0.535. The molecule has 0 spiro atoms. The van der Waals surface area contributed by atoms with Crippen LogP contribution in [0.4, 0.5) is 24.9 Å². The highest BCUT2D eigenvalue weighted by atomic mass is 19.3. The number of nitrogens with one attached hydrogen (secondary N) is 1. The van der Waals surface area contributed by atoms with E-state index in [9.17, 15) is 18.0 Å². The summed E-state index contributed by atoms with van der Waals surface area (Å²) in [5.41, 5.74) is 2.37. The Morgan fingerprint density at radius 2 is 2.03 bits per heavy atom. The van der Waals surface area contributed by atoms with Crippen molar-refractivity contribution in [3.8, 4) is 11.4 Å². The van der Waals surface area contributed by atoms with Gasteiger partial charge >= 0.3 is 6.01 Å². The first-order valence-corrected chi connectivity index (χ1v) is 9.31. The van der Waals surface area contributed by atoms with Gasteiger partial charge in [0.05, 0.1) is 19.3 Å². The molecule has 158 valence electrons. The third kappa shape index (κ3) is 3.47. The zero-order valence-corrected chi connectivity index (χ0v) is 16.1.